The molecule has 0 saturated carbocycles. The maximum absolute atomic E-state index is 2.38. The molecule has 0 saturated heterocycles. The lowest BCUT2D eigenvalue weighted by Gasteiger charge is -2.21. The van der Waals surface area contributed by atoms with Gasteiger partial charge in [-0.1, -0.05) is 50.6 Å². The van der Waals surface area contributed by atoms with Crippen molar-refractivity contribution in [3.05, 3.63) is 64.8 Å². The lowest BCUT2D eigenvalue weighted by atomic mass is 9.84. The van der Waals surface area contributed by atoms with Crippen LogP contribution in [-0.2, 0) is 12.5 Å². The molecule has 0 fully saturated rings. The number of hydrogen-bond acceptors (Lipinski definition) is 0. The van der Waals surface area contributed by atoms with Gasteiger partial charge in [0.2, 0.25) is 5.69 Å². The molecule has 0 spiro atoms. The minimum atomic E-state index is 0.149. The number of nitrogens with zero attached hydrogens (tertiary/aromatic N) is 1. The zero-order valence-electron chi connectivity index (χ0n) is 16.0. The van der Waals surface area contributed by atoms with E-state index in [9.17, 15) is 0 Å². The summed E-state index contributed by atoms with van der Waals surface area (Å²) in [6, 6.07) is 15.9. The van der Waals surface area contributed by atoms with Gasteiger partial charge >= 0.3 is 0 Å². The molecule has 3 aromatic rings. The Hall–Kier alpha value is -2.15. The van der Waals surface area contributed by atoms with Gasteiger partial charge in [0, 0.05) is 13.0 Å². The van der Waals surface area contributed by atoms with Gasteiger partial charge in [0.1, 0.15) is 7.05 Å². The molecule has 124 valence electrons. The van der Waals surface area contributed by atoms with Crippen molar-refractivity contribution in [2.45, 2.75) is 47.0 Å². The van der Waals surface area contributed by atoms with Crippen molar-refractivity contribution in [2.24, 2.45) is 7.05 Å². The van der Waals surface area contributed by atoms with Gasteiger partial charge in [-0.25, -0.2) is 0 Å². The van der Waals surface area contributed by atoms with Crippen LogP contribution in [-0.4, -0.2) is 0 Å². The molecular weight excluding hydrogens is 290 g/mol. The van der Waals surface area contributed by atoms with Crippen LogP contribution in [0.3, 0.4) is 0 Å². The van der Waals surface area contributed by atoms with E-state index in [0.29, 0.717) is 0 Å². The lowest BCUT2D eigenvalue weighted by Crippen LogP contribution is -2.35. The minimum Gasteiger partial charge on any atom is -0.198 e. The van der Waals surface area contributed by atoms with Gasteiger partial charge in [-0.05, 0) is 47.9 Å². The Labute approximate surface area is 146 Å². The fourth-order valence-electron chi connectivity index (χ4n) is 3.35. The summed E-state index contributed by atoms with van der Waals surface area (Å²) in [5.74, 6) is 0. The molecule has 2 aromatic carbocycles. The van der Waals surface area contributed by atoms with Crippen molar-refractivity contribution in [1.29, 1.82) is 0 Å². The first kappa shape index (κ1) is 16.7. The van der Waals surface area contributed by atoms with E-state index in [4.69, 9.17) is 0 Å². The highest BCUT2D eigenvalue weighted by atomic mass is 14.9. The van der Waals surface area contributed by atoms with Crippen LogP contribution in [0.5, 0.6) is 0 Å². The summed E-state index contributed by atoms with van der Waals surface area (Å²) >= 11 is 0. The molecule has 24 heavy (non-hydrogen) atoms. The molecule has 0 unspecified atom stereocenters. The molecule has 0 radical (unpaired) electrons. The summed E-state index contributed by atoms with van der Waals surface area (Å²) in [6.07, 6.45) is 0. The van der Waals surface area contributed by atoms with Gasteiger partial charge in [0.25, 0.3) is 0 Å². The van der Waals surface area contributed by atoms with Crippen molar-refractivity contribution in [3.63, 3.8) is 0 Å². The van der Waals surface area contributed by atoms with Crippen LogP contribution in [0.4, 0.5) is 0 Å². The second-order valence-corrected chi connectivity index (χ2v) is 8.06. The fourth-order valence-corrected chi connectivity index (χ4v) is 3.35. The Kier molecular flexibility index (Phi) is 3.99. The van der Waals surface area contributed by atoms with Gasteiger partial charge in [-0.15, -0.1) is 0 Å². The molecule has 0 amide bonds. The van der Waals surface area contributed by atoms with Crippen molar-refractivity contribution >= 4 is 10.8 Å². The zero-order valence-corrected chi connectivity index (χ0v) is 16.0. The van der Waals surface area contributed by atoms with Gasteiger partial charge in [-0.2, -0.15) is 4.57 Å². The van der Waals surface area contributed by atoms with Crippen molar-refractivity contribution in [1.82, 2.24) is 0 Å². The largest absolute Gasteiger partial charge is 0.220 e. The van der Waals surface area contributed by atoms with Gasteiger partial charge in [-0.3, -0.25) is 0 Å². The van der Waals surface area contributed by atoms with E-state index < -0.39 is 0 Å². The molecule has 1 heterocycles. The van der Waals surface area contributed by atoms with Crippen LogP contribution >= 0.6 is 0 Å². The number of rotatable bonds is 1. The smallest absolute Gasteiger partial charge is 0.198 e. The third-order valence-corrected chi connectivity index (χ3v) is 5.05. The highest BCUT2D eigenvalue weighted by Gasteiger charge is 2.22. The van der Waals surface area contributed by atoms with Gasteiger partial charge in [0.05, 0.1) is 10.9 Å². The van der Waals surface area contributed by atoms with Gasteiger partial charge in [0.15, 0.2) is 5.69 Å². The summed E-state index contributed by atoms with van der Waals surface area (Å²) < 4.78 is 2.33. The Morgan fingerprint density at radius 2 is 1.54 bits per heavy atom. The average molecular weight is 318 g/mol. The molecule has 0 aliphatic rings. The Balaban J connectivity index is 2.42. The molecular formula is C23H28N+. The first-order valence-electron chi connectivity index (χ1n) is 8.70. The van der Waals surface area contributed by atoms with E-state index >= 15 is 0 Å². The topological polar surface area (TPSA) is 3.88 Å². The summed E-state index contributed by atoms with van der Waals surface area (Å²) in [6.45, 7) is 13.4. The van der Waals surface area contributed by atoms with Crippen LogP contribution in [0, 0.1) is 20.8 Å². The standard InChI is InChI=1S/C23H28N/c1-15-8-10-18-13-17(3)24(7)22(21(18)12-15)20-14-19(23(4,5)6)11-9-16(20)2/h8-14H,1-7H3/q+1. The van der Waals surface area contributed by atoms with Crippen LogP contribution in [0.1, 0.15) is 43.2 Å². The van der Waals surface area contributed by atoms with Crippen molar-refractivity contribution in [3.8, 4) is 11.3 Å². The summed E-state index contributed by atoms with van der Waals surface area (Å²) in [7, 11) is 2.18. The SMILES string of the molecule is Cc1ccc2cc(C)[n+](C)c(-c3cc(C(C)(C)C)ccc3C)c2c1. The maximum Gasteiger partial charge on any atom is 0.220 e. The molecule has 1 aromatic heterocycles. The summed E-state index contributed by atoms with van der Waals surface area (Å²) in [5, 5.41) is 2.64. The quantitative estimate of drug-likeness (QED) is 0.518. The first-order chi connectivity index (χ1) is 11.2. The summed E-state index contributed by atoms with van der Waals surface area (Å²) in [5.41, 5.74) is 8.09. The van der Waals surface area contributed by atoms with E-state index in [1.54, 1.807) is 0 Å². The predicted molar refractivity (Wildman–Crippen MR) is 103 cm³/mol. The Bertz CT molecular complexity index is 927. The predicted octanol–water partition coefficient (Wildman–Crippen LogP) is 5.55. The van der Waals surface area contributed by atoms with Crippen LogP contribution in [0.15, 0.2) is 42.5 Å². The normalized spacial score (nSPS) is 12.0. The molecule has 0 aliphatic carbocycles. The lowest BCUT2D eigenvalue weighted by molar-refractivity contribution is -0.665. The number of benzene rings is 2. The molecule has 3 rings (SSSR count). The molecule has 1 nitrogen and oxygen atoms in total. The van der Waals surface area contributed by atoms with Gasteiger partial charge < -0.3 is 0 Å². The summed E-state index contributed by atoms with van der Waals surface area (Å²) in [4.78, 5) is 0. The van der Waals surface area contributed by atoms with Crippen LogP contribution < -0.4 is 4.57 Å². The second-order valence-electron chi connectivity index (χ2n) is 8.06. The van der Waals surface area contributed by atoms with E-state index in [2.05, 4.69) is 95.6 Å². The number of fused-ring (bicyclic) bond motifs is 1. The monoisotopic (exact) mass is 318 g/mol. The first-order valence-corrected chi connectivity index (χ1v) is 8.70. The number of pyridine rings is 1. The number of aryl methyl sites for hydroxylation is 3. The second kappa shape index (κ2) is 5.73. The molecule has 0 atom stereocenters. The van der Waals surface area contributed by atoms with E-state index in [0.717, 1.165) is 0 Å². The third kappa shape index (κ3) is 2.84. The molecule has 0 aliphatic heterocycles. The maximum atomic E-state index is 2.38. The molecule has 1 heteroatoms. The Morgan fingerprint density at radius 1 is 0.833 bits per heavy atom. The van der Waals surface area contributed by atoms with E-state index in [1.165, 1.54) is 44.4 Å². The molecule has 0 N–H and O–H groups in total. The van der Waals surface area contributed by atoms with E-state index in [1.807, 2.05) is 0 Å². The number of aromatic nitrogens is 1. The third-order valence-electron chi connectivity index (χ3n) is 5.05. The van der Waals surface area contributed by atoms with Crippen LogP contribution in [0.25, 0.3) is 22.0 Å². The Morgan fingerprint density at radius 3 is 2.21 bits per heavy atom. The minimum absolute atomic E-state index is 0.149. The van der Waals surface area contributed by atoms with Crippen molar-refractivity contribution < 1.29 is 4.57 Å². The molecule has 0 bridgehead atoms. The van der Waals surface area contributed by atoms with Crippen molar-refractivity contribution in [2.75, 3.05) is 0 Å². The fraction of sp³-hybridized carbons (Fsp3) is 0.348. The van der Waals surface area contributed by atoms with Crippen LogP contribution in [0.2, 0.25) is 0 Å². The number of hydrogen-bond donors (Lipinski definition) is 0. The average Bonchev–Trinajstić information content (AvgIpc) is 2.49. The zero-order chi connectivity index (χ0) is 17.6. The van der Waals surface area contributed by atoms with E-state index in [-0.39, 0.29) is 5.41 Å². The highest BCUT2D eigenvalue weighted by Crippen LogP contribution is 2.33. The highest BCUT2D eigenvalue weighted by molar-refractivity contribution is 5.94.